The molecule has 4 aromatic carbocycles. The van der Waals surface area contributed by atoms with E-state index in [1.54, 1.807) is 100 Å². The number of hydrogen-bond acceptors (Lipinski definition) is 12. The Kier molecular flexibility index (Phi) is 51.9. The fraction of sp³-hybridized carbons (Fsp3) is 0.300. The number of rotatable bonds is 12. The molecule has 0 fully saturated rings. The molecule has 16 nitrogen and oxygen atoms in total. The second-order valence-electron chi connectivity index (χ2n) is 10.9. The molecule has 0 saturated carbocycles. The van der Waals surface area contributed by atoms with Crippen LogP contribution < -0.4 is 40.9 Å². The Balaban J connectivity index is -0.000000123. The van der Waals surface area contributed by atoms with Crippen LogP contribution in [0.3, 0.4) is 0 Å². The van der Waals surface area contributed by atoms with Crippen molar-refractivity contribution in [3.63, 3.8) is 0 Å². The van der Waals surface area contributed by atoms with Crippen LogP contribution in [0.4, 0.5) is 0 Å². The largest absolute Gasteiger partial charge is 2.00 e. The first kappa shape index (κ1) is 73.9. The zero-order valence-electron chi connectivity index (χ0n) is 33.7. The van der Waals surface area contributed by atoms with Gasteiger partial charge in [-0.15, -0.1) is 0 Å². The Morgan fingerprint density at radius 3 is 0.683 bits per heavy atom. The maximum absolute atomic E-state index is 12.0. The third-order valence-electron chi connectivity index (χ3n) is 7.24. The van der Waals surface area contributed by atoms with E-state index in [9.17, 15) is 30.6 Å². The van der Waals surface area contributed by atoms with Crippen molar-refractivity contribution in [1.29, 1.82) is 0 Å². The number of aliphatic imine (C=N–C) groups is 4. The van der Waals surface area contributed by atoms with Gasteiger partial charge in [0.1, 0.15) is 0 Å². The fourth-order valence-electron chi connectivity index (χ4n) is 4.47. The first-order valence-corrected chi connectivity index (χ1v) is 16.2. The molecule has 60 heavy (non-hydrogen) atoms. The summed E-state index contributed by atoms with van der Waals surface area (Å²) >= 11 is 0. The summed E-state index contributed by atoms with van der Waals surface area (Å²) in [5.74, 6) is -0.437. The summed E-state index contributed by atoms with van der Waals surface area (Å²) in [5.41, 5.74) is 4.21. The van der Waals surface area contributed by atoms with E-state index in [0.29, 0.717) is 45.1 Å². The molecule has 0 aliphatic heterocycles. The third kappa shape index (κ3) is 26.6. The van der Waals surface area contributed by atoms with Crippen molar-refractivity contribution in [3.8, 4) is 23.0 Å². The molecule has 0 saturated heterocycles. The number of nitrogens with zero attached hydrogens (tertiary/aromatic N) is 4. The van der Waals surface area contributed by atoms with Crippen LogP contribution >= 0.6 is 0 Å². The molecule has 0 bridgehead atoms. The molecule has 344 valence electrons. The normalized spacial score (nSPS) is 11.2. The van der Waals surface area contributed by atoms with Gasteiger partial charge in [0.05, 0.1) is 0 Å². The van der Waals surface area contributed by atoms with Crippen molar-refractivity contribution in [1.82, 2.24) is 0 Å². The smallest absolute Gasteiger partial charge is 0.872 e. The zero-order chi connectivity index (χ0) is 39.1. The first-order chi connectivity index (χ1) is 25.0. The molecule has 10 N–H and O–H groups in total. The summed E-state index contributed by atoms with van der Waals surface area (Å²) in [6.07, 6.45) is -2.04. The van der Waals surface area contributed by atoms with E-state index in [-0.39, 0.29) is 137 Å². The molecule has 0 atom stereocenters. The predicted octanol–water partition coefficient (Wildman–Crippen LogP) is -3.79. The van der Waals surface area contributed by atoms with Crippen LogP contribution in [0.1, 0.15) is 49.9 Å². The Morgan fingerprint density at radius 2 is 0.533 bits per heavy atom. The van der Waals surface area contributed by atoms with Gasteiger partial charge in [0.2, 0.25) is 0 Å². The minimum atomic E-state index is -1.02. The van der Waals surface area contributed by atoms with Crippen LogP contribution in [0.2, 0.25) is 0 Å². The average molecular weight is 1020 g/mol. The quantitative estimate of drug-likeness (QED) is 0.0768. The van der Waals surface area contributed by atoms with Gasteiger partial charge in [-0.25, -0.2) is 0 Å². The summed E-state index contributed by atoms with van der Waals surface area (Å²) < 4.78 is 0. The molecule has 0 aromatic heterocycles. The van der Waals surface area contributed by atoms with E-state index in [2.05, 4.69) is 20.0 Å². The molecule has 0 aliphatic rings. The van der Waals surface area contributed by atoms with Gasteiger partial charge in [-0.2, -0.15) is 14.2 Å². The summed E-state index contributed by atoms with van der Waals surface area (Å²) in [6, 6.07) is 26.4. The maximum atomic E-state index is 12.0. The second-order valence-corrected chi connectivity index (χ2v) is 10.9. The topological polar surface area (TPSA) is 363 Å². The van der Waals surface area contributed by atoms with Crippen molar-refractivity contribution in [2.45, 2.75) is 39.9 Å². The van der Waals surface area contributed by atoms with Crippen molar-refractivity contribution < 1.29 is 129 Å². The number of benzene rings is 4. The van der Waals surface area contributed by atoms with E-state index in [0.717, 1.165) is 14.2 Å². The summed E-state index contributed by atoms with van der Waals surface area (Å²) in [6.45, 7) is 7.01. The predicted molar refractivity (Wildman–Crippen MR) is 208 cm³/mol. The van der Waals surface area contributed by atoms with E-state index in [1.165, 1.54) is 24.3 Å². The van der Waals surface area contributed by atoms with Gasteiger partial charge in [-0.05, 0) is 49.9 Å². The molecule has 0 radical (unpaired) electrons. The van der Waals surface area contributed by atoms with Crippen LogP contribution in [0.5, 0.6) is 23.0 Å². The van der Waals surface area contributed by atoms with Crippen molar-refractivity contribution in [2.75, 3.05) is 40.4 Å². The van der Waals surface area contributed by atoms with E-state index in [1.807, 2.05) is 0 Å². The molecule has 0 amide bonds. The Hall–Kier alpha value is -3.59. The molecule has 20 heteroatoms. The zero-order valence-corrected chi connectivity index (χ0v) is 37.6. The molecule has 0 spiro atoms. The van der Waals surface area contributed by atoms with E-state index in [4.69, 9.17) is 10.2 Å². The SMILES string of the molecule is CC(=NCC([O-])CN=C(C)c1ccccc1[O-])c1ccccc1[O-].CC(=NCC([O-])CN=C(C)c1ccccc1[O-])c1ccccc1[O-].C[O-].C[O-].O.O.[Ni+2].[Ni+2].[Ni+2].[Ni+2].[OH3+].[OH3+]. The molecular weight excluding hydrogens is 963 g/mol. The third-order valence-corrected chi connectivity index (χ3v) is 7.24. The minimum Gasteiger partial charge on any atom is -0.872 e. The molecule has 0 aliphatic carbocycles. The average Bonchev–Trinajstić information content (AvgIpc) is 3.16. The van der Waals surface area contributed by atoms with E-state index < -0.39 is 12.2 Å². The molecule has 4 aromatic rings. The fourth-order valence-corrected chi connectivity index (χ4v) is 4.47. The van der Waals surface area contributed by atoms with Crippen LogP contribution in [0.25, 0.3) is 0 Å². The molecular formula is C40H54N4Ni4O12+2. The van der Waals surface area contributed by atoms with Gasteiger partial charge in [0.15, 0.2) is 0 Å². The molecule has 0 unspecified atom stereocenters. The van der Waals surface area contributed by atoms with Crippen molar-refractivity contribution in [3.05, 3.63) is 119 Å². The van der Waals surface area contributed by atoms with Crippen LogP contribution in [-0.2, 0) is 76.9 Å². The van der Waals surface area contributed by atoms with Gasteiger partial charge in [0, 0.05) is 49.0 Å². The van der Waals surface area contributed by atoms with Crippen molar-refractivity contribution >= 4 is 22.8 Å². The second kappa shape index (κ2) is 42.1. The van der Waals surface area contributed by atoms with Gasteiger partial charge in [-0.1, -0.05) is 132 Å². The number of hydrogen-bond donors (Lipinski definition) is 0. The molecule has 0 heterocycles. The van der Waals surface area contributed by atoms with Crippen LogP contribution in [-0.4, -0.2) is 86.4 Å². The summed E-state index contributed by atoms with van der Waals surface area (Å²) in [7, 11) is 1.50. The van der Waals surface area contributed by atoms with Crippen LogP contribution in [0, 0.1) is 0 Å². The monoisotopic (exact) mass is 1010 g/mol. The first-order valence-electron chi connectivity index (χ1n) is 16.2. The van der Waals surface area contributed by atoms with Gasteiger partial charge in [0.25, 0.3) is 0 Å². The van der Waals surface area contributed by atoms with Gasteiger partial charge < -0.3 is 62.8 Å². The van der Waals surface area contributed by atoms with E-state index >= 15 is 0 Å². The Bertz CT molecular complexity index is 1550. The summed E-state index contributed by atoms with van der Waals surface area (Å²) in [4.78, 5) is 16.8. The molecule has 4 rings (SSSR count). The van der Waals surface area contributed by atoms with Crippen LogP contribution in [0.15, 0.2) is 117 Å². The van der Waals surface area contributed by atoms with Crippen molar-refractivity contribution in [2.24, 2.45) is 20.0 Å². The van der Waals surface area contributed by atoms with Gasteiger partial charge in [-0.3, -0.25) is 20.0 Å². The standard InChI is InChI=1S/2C19H21N2O3.2CH3O.4Ni.4H2O/c2*1-13(16-7-3-5-9-18(16)23)20-11-15(22)12-21-14(2)17-8-4-6-10-19(17)24;2*1-2;;;;;;;;/h2*3-10,15,23-24H,11-12H2,1-2H3;2*1H3;;;;;4*1H2/q4*-1;4*+2;;;;/p-2. The minimum absolute atomic E-state index is 0. The summed E-state index contributed by atoms with van der Waals surface area (Å²) in [5, 5.41) is 87.3. The Morgan fingerprint density at radius 1 is 0.383 bits per heavy atom. The number of para-hydroxylation sites is 4. The maximum Gasteiger partial charge on any atom is 2.00 e. The Labute approximate surface area is 392 Å². The van der Waals surface area contributed by atoms with Gasteiger partial charge >= 0.3 is 66.0 Å².